The Labute approximate surface area is 132 Å². The van der Waals surface area contributed by atoms with Crippen molar-refractivity contribution in [1.82, 2.24) is 0 Å². The highest BCUT2D eigenvalue weighted by molar-refractivity contribution is 7.80. The molecule has 0 spiro atoms. The van der Waals surface area contributed by atoms with Crippen LogP contribution in [0.25, 0.3) is 0 Å². The van der Waals surface area contributed by atoms with E-state index in [1.165, 1.54) is 0 Å². The van der Waals surface area contributed by atoms with Crippen molar-refractivity contribution in [1.29, 1.82) is 0 Å². The molecule has 0 aliphatic rings. The highest BCUT2D eigenvalue weighted by Gasteiger charge is 2.07. The molecular formula is C16H24N2O2S. The molecule has 1 unspecified atom stereocenters. The van der Waals surface area contributed by atoms with Crippen LogP contribution < -0.4 is 11.1 Å². The van der Waals surface area contributed by atoms with Gasteiger partial charge in [-0.3, -0.25) is 4.79 Å². The molecule has 116 valence electrons. The van der Waals surface area contributed by atoms with Crippen molar-refractivity contribution >= 4 is 28.8 Å². The van der Waals surface area contributed by atoms with E-state index in [1.54, 1.807) is 24.3 Å². The second kappa shape index (κ2) is 8.74. The topological polar surface area (TPSA) is 64.3 Å². The van der Waals surface area contributed by atoms with Gasteiger partial charge in [-0.25, -0.2) is 0 Å². The van der Waals surface area contributed by atoms with E-state index in [9.17, 15) is 4.79 Å². The summed E-state index contributed by atoms with van der Waals surface area (Å²) >= 11 is 4.88. The van der Waals surface area contributed by atoms with Gasteiger partial charge in [0.2, 0.25) is 5.91 Å². The monoisotopic (exact) mass is 308 g/mol. The lowest BCUT2D eigenvalue weighted by molar-refractivity contribution is -0.117. The van der Waals surface area contributed by atoms with Gasteiger partial charge in [0.1, 0.15) is 4.99 Å². The zero-order chi connectivity index (χ0) is 15.8. The molecule has 0 fully saturated rings. The van der Waals surface area contributed by atoms with Crippen molar-refractivity contribution in [3.63, 3.8) is 0 Å². The second-order valence-corrected chi connectivity index (χ2v) is 5.99. The summed E-state index contributed by atoms with van der Waals surface area (Å²) in [6.45, 7) is 6.78. The number of nitrogens with two attached hydrogens (primary N) is 1. The Kier molecular flexibility index (Phi) is 7.32. The summed E-state index contributed by atoms with van der Waals surface area (Å²) in [4.78, 5) is 12.1. The normalized spacial score (nSPS) is 12.2. The Morgan fingerprint density at radius 1 is 1.29 bits per heavy atom. The summed E-state index contributed by atoms with van der Waals surface area (Å²) in [5.74, 6) is 0.538. The molecule has 1 amide bonds. The van der Waals surface area contributed by atoms with Crippen LogP contribution in [0.2, 0.25) is 0 Å². The number of benzene rings is 1. The average Bonchev–Trinajstić information content (AvgIpc) is 2.38. The second-order valence-electron chi connectivity index (χ2n) is 5.55. The summed E-state index contributed by atoms with van der Waals surface area (Å²) in [5, 5.41) is 2.82. The Bertz CT molecular complexity index is 472. The first-order chi connectivity index (χ1) is 9.88. The van der Waals surface area contributed by atoms with E-state index in [2.05, 4.69) is 19.2 Å². The molecule has 0 saturated carbocycles. The lowest BCUT2D eigenvalue weighted by Gasteiger charge is -2.15. The minimum absolute atomic E-state index is 0.0604. The van der Waals surface area contributed by atoms with Crippen molar-refractivity contribution in [3.8, 4) is 0 Å². The van der Waals surface area contributed by atoms with Crippen molar-refractivity contribution in [2.24, 2.45) is 11.7 Å². The Balaban J connectivity index is 2.32. The van der Waals surface area contributed by atoms with Gasteiger partial charge >= 0.3 is 0 Å². The predicted octanol–water partition coefficient (Wildman–Crippen LogP) is 3.10. The van der Waals surface area contributed by atoms with Gasteiger partial charge in [0, 0.05) is 11.3 Å². The lowest BCUT2D eigenvalue weighted by atomic mass is 10.1. The maximum atomic E-state index is 11.8. The van der Waals surface area contributed by atoms with Gasteiger partial charge in [-0.2, -0.15) is 0 Å². The van der Waals surface area contributed by atoms with E-state index in [0.717, 1.165) is 17.7 Å². The summed E-state index contributed by atoms with van der Waals surface area (Å²) < 4.78 is 5.62. The molecule has 0 bridgehead atoms. The zero-order valence-corrected chi connectivity index (χ0v) is 13.7. The highest BCUT2D eigenvalue weighted by atomic mass is 32.1. The van der Waals surface area contributed by atoms with Crippen LogP contribution in [0.3, 0.4) is 0 Å². The fourth-order valence-corrected chi connectivity index (χ4v) is 2.16. The molecule has 0 aliphatic carbocycles. The Morgan fingerprint density at radius 2 is 1.90 bits per heavy atom. The van der Waals surface area contributed by atoms with Gasteiger partial charge in [0.15, 0.2) is 0 Å². The van der Waals surface area contributed by atoms with E-state index in [0.29, 0.717) is 23.9 Å². The molecule has 1 aromatic carbocycles. The molecule has 5 heteroatoms. The van der Waals surface area contributed by atoms with Crippen molar-refractivity contribution < 1.29 is 9.53 Å². The summed E-state index contributed by atoms with van der Waals surface area (Å²) in [6, 6.07) is 7.15. The summed E-state index contributed by atoms with van der Waals surface area (Å²) in [5.41, 5.74) is 7.04. The quantitative estimate of drug-likeness (QED) is 0.724. The maximum absolute atomic E-state index is 11.8. The zero-order valence-electron chi connectivity index (χ0n) is 12.9. The third kappa shape index (κ3) is 7.20. The molecule has 1 rings (SSSR count). The third-order valence-electron chi connectivity index (χ3n) is 2.99. The number of thiocarbonyl (C=S) groups is 1. The number of hydrogen-bond acceptors (Lipinski definition) is 3. The first-order valence-electron chi connectivity index (χ1n) is 7.19. The molecule has 1 aromatic rings. The van der Waals surface area contributed by atoms with Gasteiger partial charge in [0.05, 0.1) is 19.1 Å². The van der Waals surface area contributed by atoms with Crippen LogP contribution in [-0.4, -0.2) is 23.6 Å². The molecule has 0 aliphatic heterocycles. The molecule has 3 N–H and O–H groups in total. The van der Waals surface area contributed by atoms with Crippen LogP contribution >= 0.6 is 12.2 Å². The maximum Gasteiger partial charge on any atom is 0.226 e. The smallest absolute Gasteiger partial charge is 0.226 e. The van der Waals surface area contributed by atoms with Crippen molar-refractivity contribution in [3.05, 3.63) is 29.8 Å². The first kappa shape index (κ1) is 17.6. The van der Waals surface area contributed by atoms with Gasteiger partial charge in [0.25, 0.3) is 0 Å². The number of anilines is 1. The van der Waals surface area contributed by atoms with E-state index in [4.69, 9.17) is 22.7 Å². The van der Waals surface area contributed by atoms with E-state index in [1.807, 2.05) is 6.92 Å². The largest absolute Gasteiger partial charge is 0.389 e. The molecule has 21 heavy (non-hydrogen) atoms. The van der Waals surface area contributed by atoms with E-state index < -0.39 is 0 Å². The Morgan fingerprint density at radius 3 is 2.43 bits per heavy atom. The van der Waals surface area contributed by atoms with Crippen LogP contribution in [0.1, 0.15) is 39.2 Å². The third-order valence-corrected chi connectivity index (χ3v) is 3.22. The fraction of sp³-hybridized carbons (Fsp3) is 0.500. The van der Waals surface area contributed by atoms with Gasteiger partial charge < -0.3 is 15.8 Å². The standard InChI is InChI=1S/C16H24N2O2S/c1-11(2)10-12(3)20-9-8-15(19)18-14-6-4-13(5-7-14)16(17)21/h4-7,11-12H,8-10H2,1-3H3,(H2,17,21)(H,18,19). The number of carbonyl (C=O) groups is 1. The summed E-state index contributed by atoms with van der Waals surface area (Å²) in [6.07, 6.45) is 1.53. The number of rotatable bonds is 8. The van der Waals surface area contributed by atoms with Crippen molar-refractivity contribution in [2.75, 3.05) is 11.9 Å². The van der Waals surface area contributed by atoms with Gasteiger partial charge in [-0.1, -0.05) is 26.1 Å². The van der Waals surface area contributed by atoms with Crippen LogP contribution in [0.5, 0.6) is 0 Å². The Hall–Kier alpha value is -1.46. The number of hydrogen-bond donors (Lipinski definition) is 2. The summed E-state index contributed by atoms with van der Waals surface area (Å²) in [7, 11) is 0. The molecule has 0 heterocycles. The minimum atomic E-state index is -0.0604. The van der Waals surface area contributed by atoms with Gasteiger partial charge in [-0.05, 0) is 43.5 Å². The van der Waals surface area contributed by atoms with Crippen LogP contribution in [0.4, 0.5) is 5.69 Å². The molecule has 0 aromatic heterocycles. The predicted molar refractivity (Wildman–Crippen MR) is 90.4 cm³/mol. The van der Waals surface area contributed by atoms with E-state index in [-0.39, 0.29) is 12.0 Å². The van der Waals surface area contributed by atoms with Crippen LogP contribution in [0, 0.1) is 5.92 Å². The SMILES string of the molecule is CC(C)CC(C)OCCC(=O)Nc1ccc(C(N)=S)cc1. The number of amides is 1. The van der Waals surface area contributed by atoms with Crippen LogP contribution in [0.15, 0.2) is 24.3 Å². The molecule has 1 atom stereocenters. The molecule has 0 saturated heterocycles. The molecule has 0 radical (unpaired) electrons. The number of nitrogens with one attached hydrogen (secondary N) is 1. The lowest BCUT2D eigenvalue weighted by Crippen LogP contribution is -2.18. The van der Waals surface area contributed by atoms with E-state index >= 15 is 0 Å². The molecule has 4 nitrogen and oxygen atoms in total. The number of carbonyl (C=O) groups excluding carboxylic acids is 1. The average molecular weight is 308 g/mol. The number of ether oxygens (including phenoxy) is 1. The fourth-order valence-electron chi connectivity index (χ4n) is 2.03. The highest BCUT2D eigenvalue weighted by Crippen LogP contribution is 2.11. The first-order valence-corrected chi connectivity index (χ1v) is 7.60. The van der Waals surface area contributed by atoms with Crippen molar-refractivity contribution in [2.45, 2.75) is 39.7 Å². The minimum Gasteiger partial charge on any atom is -0.389 e. The molecular weight excluding hydrogens is 284 g/mol. The van der Waals surface area contributed by atoms with Crippen LogP contribution in [-0.2, 0) is 9.53 Å². The van der Waals surface area contributed by atoms with Gasteiger partial charge in [-0.15, -0.1) is 0 Å².